The van der Waals surface area contributed by atoms with E-state index in [1.54, 1.807) is 0 Å². The van der Waals surface area contributed by atoms with Crippen LogP contribution in [0.25, 0.3) is 16.9 Å². The van der Waals surface area contributed by atoms with Gasteiger partial charge in [-0.1, -0.05) is 30.3 Å². The van der Waals surface area contributed by atoms with Gasteiger partial charge in [0.2, 0.25) is 0 Å². The maximum atomic E-state index is 4.88. The van der Waals surface area contributed by atoms with Gasteiger partial charge in [0.1, 0.15) is 0 Å². The van der Waals surface area contributed by atoms with E-state index in [1.807, 2.05) is 4.68 Å². The maximum absolute atomic E-state index is 4.88. The highest BCUT2D eigenvalue weighted by Gasteiger charge is 2.10. The van der Waals surface area contributed by atoms with Gasteiger partial charge in [-0.3, -0.25) is 0 Å². The SMILES string of the molecule is Cc1cn(-c2cccc(CN(C)C)c2)nc1-c1cccc(CN(C)C)c1. The Morgan fingerprint density at radius 3 is 2.12 bits per heavy atom. The van der Waals surface area contributed by atoms with Crippen molar-refractivity contribution in [2.24, 2.45) is 0 Å². The molecule has 0 unspecified atom stereocenters. The Kier molecular flexibility index (Phi) is 5.55. The lowest BCUT2D eigenvalue weighted by Gasteiger charge is -2.11. The fourth-order valence-electron chi connectivity index (χ4n) is 3.22. The summed E-state index contributed by atoms with van der Waals surface area (Å²) in [4.78, 5) is 4.36. The van der Waals surface area contributed by atoms with E-state index in [0.717, 1.165) is 24.5 Å². The van der Waals surface area contributed by atoms with Crippen molar-refractivity contribution in [3.63, 3.8) is 0 Å². The van der Waals surface area contributed by atoms with Gasteiger partial charge in [0, 0.05) is 24.8 Å². The van der Waals surface area contributed by atoms with E-state index in [0.29, 0.717) is 0 Å². The van der Waals surface area contributed by atoms with Gasteiger partial charge in [0.25, 0.3) is 0 Å². The molecule has 4 nitrogen and oxygen atoms in total. The second-order valence-corrected chi connectivity index (χ2v) is 7.45. The molecule has 4 heteroatoms. The summed E-state index contributed by atoms with van der Waals surface area (Å²) in [6, 6.07) is 17.2. The lowest BCUT2D eigenvalue weighted by Crippen LogP contribution is -2.11. The molecule has 0 aliphatic carbocycles. The average Bonchev–Trinajstić information content (AvgIpc) is 2.96. The lowest BCUT2D eigenvalue weighted by molar-refractivity contribution is 0.402. The molecule has 0 saturated heterocycles. The summed E-state index contributed by atoms with van der Waals surface area (Å²) in [7, 11) is 8.36. The van der Waals surface area contributed by atoms with E-state index in [1.165, 1.54) is 22.3 Å². The summed E-state index contributed by atoms with van der Waals surface area (Å²) in [6.45, 7) is 3.98. The van der Waals surface area contributed by atoms with E-state index in [2.05, 4.69) is 99.6 Å². The van der Waals surface area contributed by atoms with Crippen LogP contribution in [-0.4, -0.2) is 47.8 Å². The molecule has 3 aromatic rings. The fourth-order valence-corrected chi connectivity index (χ4v) is 3.22. The molecule has 0 aliphatic rings. The number of aryl methyl sites for hydroxylation is 1. The zero-order valence-electron chi connectivity index (χ0n) is 16.4. The molecule has 0 N–H and O–H groups in total. The number of aromatic nitrogens is 2. The normalized spacial score (nSPS) is 11.5. The number of benzene rings is 2. The highest BCUT2D eigenvalue weighted by atomic mass is 15.3. The predicted octanol–water partition coefficient (Wildman–Crippen LogP) is 3.97. The Hall–Kier alpha value is -2.43. The van der Waals surface area contributed by atoms with Crippen LogP contribution < -0.4 is 0 Å². The molecule has 1 heterocycles. The Bertz CT molecular complexity index is 877. The first kappa shape index (κ1) is 18.4. The van der Waals surface area contributed by atoms with Crippen LogP contribution in [-0.2, 0) is 13.1 Å². The third kappa shape index (κ3) is 4.40. The van der Waals surface area contributed by atoms with E-state index in [9.17, 15) is 0 Å². The second kappa shape index (κ2) is 7.85. The van der Waals surface area contributed by atoms with Gasteiger partial charge in [-0.15, -0.1) is 0 Å². The third-order valence-corrected chi connectivity index (χ3v) is 4.27. The Labute approximate surface area is 156 Å². The Morgan fingerprint density at radius 1 is 0.846 bits per heavy atom. The topological polar surface area (TPSA) is 24.3 Å². The summed E-state index contributed by atoms with van der Waals surface area (Å²) in [5.41, 5.74) is 7.09. The van der Waals surface area contributed by atoms with Gasteiger partial charge in [0.15, 0.2) is 0 Å². The first-order chi connectivity index (χ1) is 12.4. The number of hydrogen-bond donors (Lipinski definition) is 0. The van der Waals surface area contributed by atoms with E-state index >= 15 is 0 Å². The second-order valence-electron chi connectivity index (χ2n) is 7.45. The minimum Gasteiger partial charge on any atom is -0.305 e. The molecular formula is C22H28N4. The zero-order valence-corrected chi connectivity index (χ0v) is 16.4. The fraction of sp³-hybridized carbons (Fsp3) is 0.318. The smallest absolute Gasteiger partial charge is 0.0956 e. The van der Waals surface area contributed by atoms with Crippen LogP contribution >= 0.6 is 0 Å². The van der Waals surface area contributed by atoms with Gasteiger partial charge in [-0.05, 0) is 70.0 Å². The maximum Gasteiger partial charge on any atom is 0.0956 e. The highest BCUT2D eigenvalue weighted by Crippen LogP contribution is 2.24. The van der Waals surface area contributed by atoms with Crippen LogP contribution in [0.3, 0.4) is 0 Å². The summed E-state index contributed by atoms with van der Waals surface area (Å²) in [5, 5.41) is 4.88. The van der Waals surface area contributed by atoms with Gasteiger partial charge >= 0.3 is 0 Å². The molecule has 136 valence electrons. The number of nitrogens with zero attached hydrogens (tertiary/aromatic N) is 4. The zero-order chi connectivity index (χ0) is 18.7. The molecule has 0 radical (unpaired) electrons. The van der Waals surface area contributed by atoms with E-state index in [-0.39, 0.29) is 0 Å². The first-order valence-electron chi connectivity index (χ1n) is 8.97. The van der Waals surface area contributed by atoms with Gasteiger partial charge in [0.05, 0.1) is 11.4 Å². The molecule has 0 spiro atoms. The molecule has 26 heavy (non-hydrogen) atoms. The van der Waals surface area contributed by atoms with Crippen molar-refractivity contribution in [1.82, 2.24) is 19.6 Å². The van der Waals surface area contributed by atoms with Crippen molar-refractivity contribution in [2.75, 3.05) is 28.2 Å². The lowest BCUT2D eigenvalue weighted by atomic mass is 10.1. The minimum atomic E-state index is 0.924. The molecule has 0 aliphatic heterocycles. The van der Waals surface area contributed by atoms with Gasteiger partial charge in [-0.2, -0.15) is 5.10 Å². The van der Waals surface area contributed by atoms with Crippen molar-refractivity contribution in [1.29, 1.82) is 0 Å². The average molecular weight is 348 g/mol. The summed E-state index contributed by atoms with van der Waals surface area (Å²) in [5.74, 6) is 0. The van der Waals surface area contributed by atoms with Crippen molar-refractivity contribution in [3.8, 4) is 16.9 Å². The molecule has 0 bridgehead atoms. The quantitative estimate of drug-likeness (QED) is 0.674. The Morgan fingerprint density at radius 2 is 1.46 bits per heavy atom. The molecule has 0 saturated carbocycles. The summed E-state index contributed by atoms with van der Waals surface area (Å²) >= 11 is 0. The van der Waals surface area contributed by atoms with Crippen LogP contribution in [0.5, 0.6) is 0 Å². The van der Waals surface area contributed by atoms with Crippen molar-refractivity contribution >= 4 is 0 Å². The number of hydrogen-bond acceptors (Lipinski definition) is 3. The molecule has 3 rings (SSSR count). The van der Waals surface area contributed by atoms with Crippen molar-refractivity contribution < 1.29 is 0 Å². The van der Waals surface area contributed by atoms with Crippen molar-refractivity contribution in [2.45, 2.75) is 20.0 Å². The molecule has 2 aromatic carbocycles. The molecule has 0 fully saturated rings. The van der Waals surface area contributed by atoms with Crippen LogP contribution in [0.1, 0.15) is 16.7 Å². The Balaban J connectivity index is 1.93. The predicted molar refractivity (Wildman–Crippen MR) is 109 cm³/mol. The van der Waals surface area contributed by atoms with Gasteiger partial charge in [-0.25, -0.2) is 4.68 Å². The van der Waals surface area contributed by atoms with Crippen LogP contribution in [0.2, 0.25) is 0 Å². The van der Waals surface area contributed by atoms with Crippen molar-refractivity contribution in [3.05, 3.63) is 71.4 Å². The minimum absolute atomic E-state index is 0.924. The summed E-state index contributed by atoms with van der Waals surface area (Å²) in [6.07, 6.45) is 2.11. The first-order valence-corrected chi connectivity index (χ1v) is 8.97. The monoisotopic (exact) mass is 348 g/mol. The van der Waals surface area contributed by atoms with Crippen LogP contribution in [0.4, 0.5) is 0 Å². The molecule has 0 amide bonds. The van der Waals surface area contributed by atoms with Gasteiger partial charge < -0.3 is 9.80 Å². The largest absolute Gasteiger partial charge is 0.305 e. The third-order valence-electron chi connectivity index (χ3n) is 4.27. The van der Waals surface area contributed by atoms with E-state index < -0.39 is 0 Å². The number of rotatable bonds is 6. The molecule has 0 atom stereocenters. The molecule has 1 aromatic heterocycles. The molecular weight excluding hydrogens is 320 g/mol. The van der Waals surface area contributed by atoms with E-state index in [4.69, 9.17) is 5.10 Å². The highest BCUT2D eigenvalue weighted by molar-refractivity contribution is 5.63. The standard InChI is InChI=1S/C22H28N4/c1-17-14-26(21-11-7-9-19(13-21)16-25(4)5)23-22(17)20-10-6-8-18(12-20)15-24(2)3/h6-14H,15-16H2,1-5H3. The van der Waals surface area contributed by atoms with Crippen LogP contribution in [0, 0.1) is 6.92 Å². The van der Waals surface area contributed by atoms with Crippen LogP contribution in [0.15, 0.2) is 54.7 Å². The summed E-state index contributed by atoms with van der Waals surface area (Å²) < 4.78 is 1.99.